The molecule has 1 saturated heterocycles. The molecule has 0 bridgehead atoms. The standard InChI is InChI=1S/C10H14O.C4H9N.H2/c1-7(2)9-4-5-10(11)8(3)6-9;1-2-4-5-3-1;/h4-7,11H,1-3H3;5H,1-4H2;1H. The van der Waals surface area contributed by atoms with Gasteiger partial charge < -0.3 is 10.4 Å². The molecule has 1 aliphatic heterocycles. The van der Waals surface area contributed by atoms with E-state index in [9.17, 15) is 5.11 Å². The molecule has 92 valence electrons. The summed E-state index contributed by atoms with van der Waals surface area (Å²) in [4.78, 5) is 0. The van der Waals surface area contributed by atoms with Crippen LogP contribution in [0.1, 0.15) is 45.2 Å². The zero-order valence-electron chi connectivity index (χ0n) is 10.6. The van der Waals surface area contributed by atoms with Crippen LogP contribution in [0.25, 0.3) is 0 Å². The lowest BCUT2D eigenvalue weighted by Gasteiger charge is -2.06. The molecule has 0 atom stereocenters. The summed E-state index contributed by atoms with van der Waals surface area (Å²) in [5.41, 5.74) is 2.23. The van der Waals surface area contributed by atoms with E-state index in [0.29, 0.717) is 11.7 Å². The number of rotatable bonds is 1. The first kappa shape index (κ1) is 13.0. The largest absolute Gasteiger partial charge is 0.508 e. The van der Waals surface area contributed by atoms with Crippen molar-refractivity contribution < 1.29 is 6.53 Å². The van der Waals surface area contributed by atoms with Crippen molar-refractivity contribution >= 4 is 0 Å². The maximum Gasteiger partial charge on any atom is 0.118 e. The predicted molar refractivity (Wildman–Crippen MR) is 71.2 cm³/mol. The van der Waals surface area contributed by atoms with Gasteiger partial charge in [0, 0.05) is 1.43 Å². The molecule has 2 rings (SSSR count). The molecule has 0 aliphatic carbocycles. The van der Waals surface area contributed by atoms with Crippen LogP contribution >= 0.6 is 0 Å². The molecule has 0 aromatic heterocycles. The molecule has 2 N–H and O–H groups in total. The molecule has 0 unspecified atom stereocenters. The van der Waals surface area contributed by atoms with Crippen molar-refractivity contribution in [3.8, 4) is 5.75 Å². The van der Waals surface area contributed by atoms with Gasteiger partial charge in [0.05, 0.1) is 0 Å². The first-order valence-corrected chi connectivity index (χ1v) is 6.11. The number of aryl methyl sites for hydroxylation is 1. The smallest absolute Gasteiger partial charge is 0.118 e. The summed E-state index contributed by atoms with van der Waals surface area (Å²) in [6, 6.07) is 5.75. The summed E-state index contributed by atoms with van der Waals surface area (Å²) < 4.78 is 0. The van der Waals surface area contributed by atoms with E-state index >= 15 is 0 Å². The second-order valence-corrected chi connectivity index (χ2v) is 4.66. The molecule has 0 spiro atoms. The number of phenols is 1. The van der Waals surface area contributed by atoms with Crippen molar-refractivity contribution in [1.29, 1.82) is 0 Å². The second-order valence-electron chi connectivity index (χ2n) is 4.66. The molecule has 2 nitrogen and oxygen atoms in total. The van der Waals surface area contributed by atoms with Gasteiger partial charge in [-0.2, -0.15) is 0 Å². The van der Waals surface area contributed by atoms with Crippen LogP contribution in [0.15, 0.2) is 18.2 Å². The maximum atomic E-state index is 9.23. The zero-order chi connectivity index (χ0) is 12.0. The Labute approximate surface area is 100 Å². The van der Waals surface area contributed by atoms with Gasteiger partial charge in [-0.25, -0.2) is 0 Å². The van der Waals surface area contributed by atoms with E-state index in [0.717, 1.165) is 5.56 Å². The van der Waals surface area contributed by atoms with Gasteiger partial charge >= 0.3 is 0 Å². The van der Waals surface area contributed by atoms with Gasteiger partial charge in [-0.1, -0.05) is 26.0 Å². The summed E-state index contributed by atoms with van der Waals surface area (Å²) in [5, 5.41) is 12.4. The molecule has 2 heteroatoms. The fourth-order valence-electron chi connectivity index (χ4n) is 1.66. The Morgan fingerprint density at radius 2 is 1.88 bits per heavy atom. The Kier molecular flexibility index (Phi) is 5.33. The van der Waals surface area contributed by atoms with Crippen LogP contribution in [-0.2, 0) is 0 Å². The Bertz CT molecular complexity index is 314. The minimum atomic E-state index is 0. The zero-order valence-corrected chi connectivity index (χ0v) is 10.6. The highest BCUT2D eigenvalue weighted by molar-refractivity contribution is 5.35. The monoisotopic (exact) mass is 223 g/mol. The highest BCUT2D eigenvalue weighted by Gasteiger charge is 2.00. The van der Waals surface area contributed by atoms with Crippen LogP contribution in [0, 0.1) is 6.92 Å². The van der Waals surface area contributed by atoms with Crippen molar-refractivity contribution in [2.45, 2.75) is 39.5 Å². The number of phenolic OH excluding ortho intramolecular Hbond substituents is 1. The van der Waals surface area contributed by atoms with Crippen LogP contribution in [0.3, 0.4) is 0 Å². The van der Waals surface area contributed by atoms with Gasteiger partial charge in [-0.05, 0) is 56.0 Å². The Balaban J connectivity index is 0.000000360. The lowest BCUT2D eigenvalue weighted by atomic mass is 10.0. The second kappa shape index (κ2) is 6.54. The third kappa shape index (κ3) is 4.23. The molecule has 0 amide bonds. The predicted octanol–water partition coefficient (Wildman–Crippen LogP) is 3.44. The fraction of sp³-hybridized carbons (Fsp3) is 0.571. The number of hydrogen-bond donors (Lipinski definition) is 2. The Hall–Kier alpha value is -1.02. The van der Waals surface area contributed by atoms with E-state index in [1.54, 1.807) is 6.07 Å². The third-order valence-corrected chi connectivity index (χ3v) is 2.84. The van der Waals surface area contributed by atoms with Crippen molar-refractivity contribution in [2.75, 3.05) is 13.1 Å². The lowest BCUT2D eigenvalue weighted by Crippen LogP contribution is -2.03. The highest BCUT2D eigenvalue weighted by atomic mass is 16.3. The first-order valence-electron chi connectivity index (χ1n) is 6.11. The molecular formula is C14H25NO. The summed E-state index contributed by atoms with van der Waals surface area (Å²) in [6.07, 6.45) is 2.78. The molecule has 0 saturated carbocycles. The molecule has 0 radical (unpaired) electrons. The SMILES string of the molecule is C1CCNC1.Cc1cc(C(C)C)ccc1O.[HH]. The average Bonchev–Trinajstić information content (AvgIpc) is 2.80. The van der Waals surface area contributed by atoms with E-state index in [1.165, 1.54) is 31.5 Å². The third-order valence-electron chi connectivity index (χ3n) is 2.84. The highest BCUT2D eigenvalue weighted by Crippen LogP contribution is 2.21. The average molecular weight is 223 g/mol. The van der Waals surface area contributed by atoms with Gasteiger partial charge in [-0.3, -0.25) is 0 Å². The van der Waals surface area contributed by atoms with Crippen LogP contribution < -0.4 is 5.32 Å². The summed E-state index contributed by atoms with van der Waals surface area (Å²) in [5.74, 6) is 0.920. The van der Waals surface area contributed by atoms with E-state index in [-0.39, 0.29) is 1.43 Å². The van der Waals surface area contributed by atoms with Gasteiger partial charge in [0.25, 0.3) is 0 Å². The summed E-state index contributed by atoms with van der Waals surface area (Å²) >= 11 is 0. The van der Waals surface area contributed by atoms with E-state index in [2.05, 4.69) is 19.2 Å². The molecule has 16 heavy (non-hydrogen) atoms. The quantitative estimate of drug-likeness (QED) is 0.764. The van der Waals surface area contributed by atoms with Gasteiger partial charge in [0.1, 0.15) is 5.75 Å². The molecule has 1 aromatic carbocycles. The maximum absolute atomic E-state index is 9.23. The van der Waals surface area contributed by atoms with Crippen LogP contribution in [0.2, 0.25) is 0 Å². The number of benzene rings is 1. The normalized spacial score (nSPS) is 14.8. The number of aromatic hydroxyl groups is 1. The summed E-state index contributed by atoms with van der Waals surface area (Å²) in [7, 11) is 0. The molecular weight excluding hydrogens is 198 g/mol. The minimum Gasteiger partial charge on any atom is -0.508 e. The minimum absolute atomic E-state index is 0. The summed E-state index contributed by atoms with van der Waals surface area (Å²) in [6.45, 7) is 8.71. The van der Waals surface area contributed by atoms with Crippen LogP contribution in [-0.4, -0.2) is 18.2 Å². The first-order chi connectivity index (χ1) is 7.61. The van der Waals surface area contributed by atoms with E-state index < -0.39 is 0 Å². The number of hydrogen-bond acceptors (Lipinski definition) is 2. The van der Waals surface area contributed by atoms with Gasteiger partial charge in [0.2, 0.25) is 0 Å². The van der Waals surface area contributed by atoms with Crippen LogP contribution in [0.4, 0.5) is 0 Å². The van der Waals surface area contributed by atoms with Crippen LogP contribution in [0.5, 0.6) is 5.75 Å². The number of nitrogens with one attached hydrogen (secondary N) is 1. The van der Waals surface area contributed by atoms with Gasteiger partial charge in [-0.15, -0.1) is 0 Å². The van der Waals surface area contributed by atoms with E-state index in [1.807, 2.05) is 19.1 Å². The van der Waals surface area contributed by atoms with Crippen molar-refractivity contribution in [3.05, 3.63) is 29.3 Å². The molecule has 1 aliphatic rings. The molecule has 1 heterocycles. The Morgan fingerprint density at radius 1 is 1.25 bits per heavy atom. The van der Waals surface area contributed by atoms with Crippen molar-refractivity contribution in [2.24, 2.45) is 0 Å². The van der Waals surface area contributed by atoms with Crippen molar-refractivity contribution in [3.63, 3.8) is 0 Å². The Morgan fingerprint density at radius 3 is 2.25 bits per heavy atom. The van der Waals surface area contributed by atoms with E-state index in [4.69, 9.17) is 0 Å². The van der Waals surface area contributed by atoms with Crippen molar-refractivity contribution in [1.82, 2.24) is 5.32 Å². The lowest BCUT2D eigenvalue weighted by molar-refractivity contribution is 0.470. The molecule has 1 aromatic rings. The van der Waals surface area contributed by atoms with Gasteiger partial charge in [0.15, 0.2) is 0 Å². The topological polar surface area (TPSA) is 32.3 Å². The fourth-order valence-corrected chi connectivity index (χ4v) is 1.66. The molecule has 1 fully saturated rings.